The number of benzene rings is 6. The zero-order valence-corrected chi connectivity index (χ0v) is 31.9. The first-order valence-electron chi connectivity index (χ1n) is 18.1. The van der Waals surface area contributed by atoms with Crippen LogP contribution >= 0.6 is 15.9 Å². The topological polar surface area (TPSA) is 56.5 Å². The van der Waals surface area contributed by atoms with Crippen LogP contribution in [0, 0.1) is 6.92 Å². The molecule has 1 aliphatic rings. The number of aryl methyl sites for hydroxylation is 1. The van der Waals surface area contributed by atoms with E-state index in [0.29, 0.717) is 22.4 Å². The number of rotatable bonds is 9. The van der Waals surface area contributed by atoms with Crippen LogP contribution in [0.3, 0.4) is 0 Å². The molecule has 0 atom stereocenters. The first kappa shape index (κ1) is 34.9. The summed E-state index contributed by atoms with van der Waals surface area (Å²) in [6, 6.07) is 53.1. The summed E-state index contributed by atoms with van der Waals surface area (Å²) in [6.07, 6.45) is 0. The minimum absolute atomic E-state index is 0.0313. The third-order valence-corrected chi connectivity index (χ3v) is 10.6. The molecule has 0 amide bonds. The summed E-state index contributed by atoms with van der Waals surface area (Å²) >= 11 is 3.69. The van der Waals surface area contributed by atoms with Crippen LogP contribution in [0.2, 0.25) is 0 Å². The van der Waals surface area contributed by atoms with Gasteiger partial charge in [0.15, 0.2) is 5.82 Å². The van der Waals surface area contributed by atoms with Crippen molar-refractivity contribution in [3.05, 3.63) is 212 Å². The summed E-state index contributed by atoms with van der Waals surface area (Å²) in [5.74, 6) is 1.36. The number of hydrogen-bond acceptors (Lipinski definition) is 4. The lowest BCUT2D eigenvalue weighted by atomic mass is 9.89. The second kappa shape index (κ2) is 15.1. The van der Waals surface area contributed by atoms with Crippen LogP contribution in [0.4, 0.5) is 0 Å². The van der Waals surface area contributed by atoms with Crippen molar-refractivity contribution in [2.24, 2.45) is 5.10 Å². The standard InChI is InChI=1S/C48H38BrN3O2/c1-31(2)38-29-39(49)32(3)28-41(38)54-30-42-50-40-27-17-16-26-37(40)48(53)52(42)51-47-45(35-22-12-6-13-23-35)43(33-18-8-4-9-19-33)44(34-20-10-5-11-21-34)46(47)36-24-14-7-15-25-36/h4-29,31H,30H2,1-3H3. The van der Waals surface area contributed by atoms with Crippen molar-refractivity contribution in [2.75, 3.05) is 0 Å². The predicted molar refractivity (Wildman–Crippen MR) is 226 cm³/mol. The van der Waals surface area contributed by atoms with Crippen LogP contribution in [0.1, 0.15) is 59.0 Å². The quantitative estimate of drug-likeness (QED) is 0.147. The lowest BCUT2D eigenvalue weighted by Gasteiger charge is -2.18. The second-order valence-corrected chi connectivity index (χ2v) is 14.5. The maximum absolute atomic E-state index is 14.7. The van der Waals surface area contributed by atoms with Gasteiger partial charge in [-0.3, -0.25) is 4.79 Å². The molecular weight excluding hydrogens is 730 g/mol. The number of aromatic nitrogens is 2. The number of para-hydroxylation sites is 1. The number of fused-ring (bicyclic) bond motifs is 1. The van der Waals surface area contributed by atoms with E-state index in [9.17, 15) is 4.79 Å². The highest BCUT2D eigenvalue weighted by Crippen LogP contribution is 2.50. The average Bonchev–Trinajstić information content (AvgIpc) is 3.55. The van der Waals surface area contributed by atoms with Gasteiger partial charge in [-0.15, -0.1) is 0 Å². The molecule has 0 fully saturated rings. The zero-order valence-electron chi connectivity index (χ0n) is 30.3. The Morgan fingerprint density at radius 1 is 0.648 bits per heavy atom. The molecule has 0 N–H and O–H groups in total. The molecule has 0 aliphatic heterocycles. The van der Waals surface area contributed by atoms with Crippen LogP contribution < -0.4 is 10.3 Å². The Balaban J connectivity index is 1.45. The number of halogens is 1. The van der Waals surface area contributed by atoms with Gasteiger partial charge < -0.3 is 4.74 Å². The van der Waals surface area contributed by atoms with Gasteiger partial charge in [-0.1, -0.05) is 163 Å². The molecule has 6 aromatic carbocycles. The van der Waals surface area contributed by atoms with Crippen LogP contribution in [-0.2, 0) is 6.61 Å². The Hall–Kier alpha value is -6.11. The Kier molecular flexibility index (Phi) is 9.77. The lowest BCUT2D eigenvalue weighted by Crippen LogP contribution is -2.25. The van der Waals surface area contributed by atoms with Gasteiger partial charge in [0.05, 0.1) is 10.9 Å². The molecule has 264 valence electrons. The highest BCUT2D eigenvalue weighted by Gasteiger charge is 2.34. The van der Waals surface area contributed by atoms with Gasteiger partial charge in [0, 0.05) is 26.8 Å². The molecule has 0 radical (unpaired) electrons. The summed E-state index contributed by atoms with van der Waals surface area (Å²) in [4.78, 5) is 19.8. The van der Waals surface area contributed by atoms with Crippen molar-refractivity contribution in [2.45, 2.75) is 33.3 Å². The number of hydrogen-bond donors (Lipinski definition) is 0. The minimum Gasteiger partial charge on any atom is -0.485 e. The number of allylic oxidation sites excluding steroid dienone is 4. The van der Waals surface area contributed by atoms with Crippen molar-refractivity contribution in [3.63, 3.8) is 0 Å². The molecule has 1 aliphatic carbocycles. The Morgan fingerprint density at radius 3 is 1.61 bits per heavy atom. The molecule has 54 heavy (non-hydrogen) atoms. The van der Waals surface area contributed by atoms with E-state index in [0.717, 1.165) is 65.9 Å². The van der Waals surface area contributed by atoms with Crippen molar-refractivity contribution in [3.8, 4) is 5.75 Å². The van der Waals surface area contributed by atoms with Gasteiger partial charge in [-0.2, -0.15) is 9.78 Å². The van der Waals surface area contributed by atoms with E-state index in [1.165, 1.54) is 4.68 Å². The molecule has 1 heterocycles. The van der Waals surface area contributed by atoms with E-state index >= 15 is 0 Å². The zero-order chi connectivity index (χ0) is 37.2. The van der Waals surface area contributed by atoms with Crippen LogP contribution in [-0.4, -0.2) is 15.4 Å². The molecule has 1 aromatic heterocycles. The average molecular weight is 769 g/mol. The number of nitrogens with zero attached hydrogens (tertiary/aromatic N) is 3. The fourth-order valence-electron chi connectivity index (χ4n) is 7.13. The smallest absolute Gasteiger partial charge is 0.282 e. The van der Waals surface area contributed by atoms with E-state index in [4.69, 9.17) is 14.8 Å². The van der Waals surface area contributed by atoms with E-state index < -0.39 is 0 Å². The Bertz CT molecular complexity index is 2540. The molecular formula is C48H38BrN3O2. The molecule has 0 spiro atoms. The summed E-state index contributed by atoms with van der Waals surface area (Å²) in [6.45, 7) is 6.36. The van der Waals surface area contributed by atoms with E-state index in [-0.39, 0.29) is 18.1 Å². The molecule has 8 rings (SSSR count). The minimum atomic E-state index is -0.267. The van der Waals surface area contributed by atoms with E-state index in [1.807, 2.05) is 85.8 Å². The second-order valence-electron chi connectivity index (χ2n) is 13.7. The molecule has 6 heteroatoms. The van der Waals surface area contributed by atoms with Gasteiger partial charge in [0.1, 0.15) is 18.1 Å². The normalized spacial score (nSPS) is 12.9. The summed E-state index contributed by atoms with van der Waals surface area (Å²) in [7, 11) is 0. The number of ether oxygens (including phenoxy) is 1. The highest BCUT2D eigenvalue weighted by molar-refractivity contribution is 9.10. The van der Waals surface area contributed by atoms with Crippen molar-refractivity contribution < 1.29 is 4.74 Å². The van der Waals surface area contributed by atoms with Gasteiger partial charge in [-0.25, -0.2) is 4.98 Å². The van der Waals surface area contributed by atoms with Gasteiger partial charge in [0.2, 0.25) is 0 Å². The highest BCUT2D eigenvalue weighted by atomic mass is 79.9. The van der Waals surface area contributed by atoms with Crippen LogP contribution in [0.15, 0.2) is 172 Å². The Morgan fingerprint density at radius 2 is 1.11 bits per heavy atom. The van der Waals surface area contributed by atoms with Gasteiger partial charge in [0.25, 0.3) is 5.56 Å². The largest absolute Gasteiger partial charge is 0.485 e. The lowest BCUT2D eigenvalue weighted by molar-refractivity contribution is 0.285. The third kappa shape index (κ3) is 6.65. The van der Waals surface area contributed by atoms with E-state index in [2.05, 4.69) is 109 Å². The summed E-state index contributed by atoms with van der Waals surface area (Å²) < 4.78 is 9.08. The summed E-state index contributed by atoms with van der Waals surface area (Å²) in [5.41, 5.74) is 11.1. The first-order chi connectivity index (χ1) is 26.4. The molecule has 0 saturated heterocycles. The van der Waals surface area contributed by atoms with Crippen molar-refractivity contribution in [1.82, 2.24) is 9.66 Å². The first-order valence-corrected chi connectivity index (χ1v) is 18.9. The van der Waals surface area contributed by atoms with Crippen molar-refractivity contribution >= 4 is 54.8 Å². The fraction of sp³-hybridized carbons (Fsp3) is 0.104. The predicted octanol–water partition coefficient (Wildman–Crippen LogP) is 11.6. The molecule has 0 unspecified atom stereocenters. The van der Waals surface area contributed by atoms with Crippen LogP contribution in [0.25, 0.3) is 33.2 Å². The molecule has 5 nitrogen and oxygen atoms in total. The van der Waals surface area contributed by atoms with Gasteiger partial charge >= 0.3 is 0 Å². The third-order valence-electron chi connectivity index (χ3n) is 9.76. The SMILES string of the molecule is Cc1cc(OCc2nc3ccccc3c(=O)n2N=C2C(c3ccccc3)=C(c3ccccc3)C(c3ccccc3)=C2c2ccccc2)c(C(C)C)cc1Br. The fourth-order valence-corrected chi connectivity index (χ4v) is 7.49. The molecule has 7 aromatic rings. The van der Waals surface area contributed by atoms with Crippen LogP contribution in [0.5, 0.6) is 5.75 Å². The molecule has 0 bridgehead atoms. The summed E-state index contributed by atoms with van der Waals surface area (Å²) in [5, 5.41) is 5.91. The molecule has 0 saturated carbocycles. The maximum atomic E-state index is 14.7. The van der Waals surface area contributed by atoms with E-state index in [1.54, 1.807) is 0 Å². The Labute approximate surface area is 323 Å². The maximum Gasteiger partial charge on any atom is 0.282 e. The monoisotopic (exact) mass is 767 g/mol. The van der Waals surface area contributed by atoms with Gasteiger partial charge in [-0.05, 0) is 70.5 Å². The van der Waals surface area contributed by atoms with Crippen molar-refractivity contribution in [1.29, 1.82) is 0 Å².